The van der Waals surface area contributed by atoms with Gasteiger partial charge in [-0.05, 0) is 36.4 Å². The van der Waals surface area contributed by atoms with Crippen LogP contribution in [0.4, 0.5) is 0 Å². The van der Waals surface area contributed by atoms with Crippen molar-refractivity contribution in [3.05, 3.63) is 60.3 Å². The van der Waals surface area contributed by atoms with Crippen molar-refractivity contribution in [2.24, 2.45) is 0 Å². The molecule has 3 heterocycles. The molecule has 8 heteroatoms. The zero-order valence-corrected chi connectivity index (χ0v) is 16.6. The van der Waals surface area contributed by atoms with Crippen LogP contribution in [0.3, 0.4) is 0 Å². The maximum Gasteiger partial charge on any atom is 0.288 e. The molecule has 1 saturated heterocycles. The van der Waals surface area contributed by atoms with Crippen molar-refractivity contribution in [2.75, 3.05) is 7.11 Å². The SMILES string of the molecule is COc1ccc(-c2nc(C(=O)NN3C(=O)CCC3=O)cc3c2[nH]c2ccccc23)cc1. The first-order chi connectivity index (χ1) is 15.0. The Bertz CT molecular complexity index is 1340. The molecule has 2 N–H and O–H groups in total. The number of carbonyl (C=O) groups is 3. The Labute approximate surface area is 176 Å². The van der Waals surface area contributed by atoms with E-state index in [1.54, 1.807) is 13.2 Å². The van der Waals surface area contributed by atoms with Gasteiger partial charge in [-0.1, -0.05) is 18.2 Å². The van der Waals surface area contributed by atoms with Gasteiger partial charge >= 0.3 is 0 Å². The normalized spacial score (nSPS) is 13.9. The number of hydrogen-bond donors (Lipinski definition) is 2. The van der Waals surface area contributed by atoms with E-state index in [4.69, 9.17) is 4.74 Å². The van der Waals surface area contributed by atoms with Crippen LogP contribution >= 0.6 is 0 Å². The minimum Gasteiger partial charge on any atom is -0.497 e. The third-order valence-electron chi connectivity index (χ3n) is 5.36. The average Bonchev–Trinajstić information content (AvgIpc) is 3.33. The summed E-state index contributed by atoms with van der Waals surface area (Å²) >= 11 is 0. The predicted octanol–water partition coefficient (Wildman–Crippen LogP) is 3.19. The zero-order chi connectivity index (χ0) is 21.5. The predicted molar refractivity (Wildman–Crippen MR) is 114 cm³/mol. The third kappa shape index (κ3) is 3.18. The highest BCUT2D eigenvalue weighted by Crippen LogP contribution is 2.33. The summed E-state index contributed by atoms with van der Waals surface area (Å²) in [6, 6.07) is 16.8. The van der Waals surface area contributed by atoms with E-state index in [0.717, 1.165) is 32.4 Å². The van der Waals surface area contributed by atoms with Crippen molar-refractivity contribution in [3.8, 4) is 17.0 Å². The summed E-state index contributed by atoms with van der Waals surface area (Å²) in [5.74, 6) is -0.772. The Balaban J connectivity index is 1.66. The smallest absolute Gasteiger partial charge is 0.288 e. The van der Waals surface area contributed by atoms with Crippen molar-refractivity contribution in [1.29, 1.82) is 0 Å². The molecule has 4 aromatic rings. The fraction of sp³-hybridized carbons (Fsp3) is 0.130. The number of rotatable bonds is 4. The molecule has 0 saturated carbocycles. The number of para-hydroxylation sites is 1. The quantitative estimate of drug-likeness (QED) is 0.499. The van der Waals surface area contributed by atoms with Crippen molar-refractivity contribution in [1.82, 2.24) is 20.4 Å². The van der Waals surface area contributed by atoms with E-state index in [1.807, 2.05) is 48.5 Å². The number of carbonyl (C=O) groups excluding carboxylic acids is 3. The van der Waals surface area contributed by atoms with E-state index in [1.165, 1.54) is 0 Å². The molecular weight excluding hydrogens is 396 g/mol. The lowest BCUT2D eigenvalue weighted by molar-refractivity contribution is -0.141. The Morgan fingerprint density at radius 2 is 1.74 bits per heavy atom. The lowest BCUT2D eigenvalue weighted by Gasteiger charge is -2.15. The second kappa shape index (κ2) is 7.24. The number of hydrogen-bond acceptors (Lipinski definition) is 5. The molecule has 0 radical (unpaired) electrons. The number of nitrogens with zero attached hydrogens (tertiary/aromatic N) is 2. The van der Waals surface area contributed by atoms with Gasteiger partial charge in [-0.2, -0.15) is 5.01 Å². The molecule has 3 amide bonds. The molecule has 2 aromatic heterocycles. The molecule has 0 bridgehead atoms. The highest BCUT2D eigenvalue weighted by molar-refractivity contribution is 6.13. The van der Waals surface area contributed by atoms with E-state index in [-0.39, 0.29) is 18.5 Å². The highest BCUT2D eigenvalue weighted by atomic mass is 16.5. The number of aromatic nitrogens is 2. The van der Waals surface area contributed by atoms with Gasteiger partial charge in [0.15, 0.2) is 0 Å². The summed E-state index contributed by atoms with van der Waals surface area (Å²) in [7, 11) is 1.59. The molecule has 1 aliphatic rings. The first-order valence-electron chi connectivity index (χ1n) is 9.78. The van der Waals surface area contributed by atoms with Crippen LogP contribution in [0.5, 0.6) is 5.75 Å². The van der Waals surface area contributed by atoms with Crippen LogP contribution in [-0.2, 0) is 9.59 Å². The van der Waals surface area contributed by atoms with Crippen molar-refractivity contribution in [2.45, 2.75) is 12.8 Å². The molecule has 1 fully saturated rings. The summed E-state index contributed by atoms with van der Waals surface area (Å²) in [5, 5.41) is 2.54. The van der Waals surface area contributed by atoms with Crippen molar-refractivity contribution in [3.63, 3.8) is 0 Å². The van der Waals surface area contributed by atoms with Crippen LogP contribution < -0.4 is 10.2 Å². The lowest BCUT2D eigenvalue weighted by atomic mass is 10.1. The molecule has 0 aliphatic carbocycles. The summed E-state index contributed by atoms with van der Waals surface area (Å²) in [4.78, 5) is 44.7. The Kier molecular flexibility index (Phi) is 4.39. The van der Waals surface area contributed by atoms with E-state index >= 15 is 0 Å². The number of benzene rings is 2. The molecule has 2 aromatic carbocycles. The topological polar surface area (TPSA) is 104 Å². The Morgan fingerprint density at radius 3 is 2.45 bits per heavy atom. The van der Waals surface area contributed by atoms with Crippen LogP contribution in [0.15, 0.2) is 54.6 Å². The first kappa shape index (κ1) is 18.8. The van der Waals surface area contributed by atoms with Gasteiger partial charge in [0, 0.05) is 34.7 Å². The van der Waals surface area contributed by atoms with Gasteiger partial charge in [-0.25, -0.2) is 4.98 Å². The monoisotopic (exact) mass is 414 g/mol. The number of hydrazine groups is 1. The summed E-state index contributed by atoms with van der Waals surface area (Å²) in [6.45, 7) is 0. The van der Waals surface area contributed by atoms with Crippen molar-refractivity contribution >= 4 is 39.5 Å². The second-order valence-corrected chi connectivity index (χ2v) is 7.24. The molecule has 154 valence electrons. The van der Waals surface area contributed by atoms with Gasteiger partial charge in [0.1, 0.15) is 11.4 Å². The van der Waals surface area contributed by atoms with Crippen LogP contribution in [-0.4, -0.2) is 39.8 Å². The van der Waals surface area contributed by atoms with Crippen molar-refractivity contribution < 1.29 is 19.1 Å². The Hall–Kier alpha value is -4.20. The molecule has 0 atom stereocenters. The number of H-pyrrole nitrogens is 1. The standard InChI is InChI=1S/C23H18N4O4/c1-31-14-8-6-13(7-9-14)21-22-16(15-4-2-3-5-17(15)24-22)12-18(25-21)23(30)26-27-19(28)10-11-20(27)29/h2-9,12,24H,10-11H2,1H3,(H,26,30). The number of fused-ring (bicyclic) bond motifs is 3. The molecule has 8 nitrogen and oxygen atoms in total. The highest BCUT2D eigenvalue weighted by Gasteiger charge is 2.31. The van der Waals surface area contributed by atoms with Gasteiger partial charge in [0.2, 0.25) is 11.8 Å². The van der Waals surface area contributed by atoms with Gasteiger partial charge in [-0.15, -0.1) is 0 Å². The number of amides is 3. The fourth-order valence-corrected chi connectivity index (χ4v) is 3.78. The molecule has 31 heavy (non-hydrogen) atoms. The van der Waals surface area contributed by atoms with Gasteiger partial charge < -0.3 is 9.72 Å². The van der Waals surface area contributed by atoms with E-state index in [9.17, 15) is 14.4 Å². The minimum absolute atomic E-state index is 0.0884. The molecule has 5 rings (SSSR count). The van der Waals surface area contributed by atoms with Crippen LogP contribution in [0.1, 0.15) is 23.3 Å². The van der Waals surface area contributed by atoms with E-state index in [2.05, 4.69) is 15.4 Å². The van der Waals surface area contributed by atoms with E-state index in [0.29, 0.717) is 11.4 Å². The first-order valence-corrected chi connectivity index (χ1v) is 9.78. The summed E-state index contributed by atoms with van der Waals surface area (Å²) in [6.07, 6.45) is 0.177. The number of methoxy groups -OCH3 is 1. The zero-order valence-electron chi connectivity index (χ0n) is 16.6. The third-order valence-corrected chi connectivity index (χ3v) is 5.36. The maximum absolute atomic E-state index is 12.9. The van der Waals surface area contributed by atoms with Gasteiger partial charge in [0.05, 0.1) is 18.3 Å². The fourth-order valence-electron chi connectivity index (χ4n) is 3.78. The number of aromatic amines is 1. The molecule has 0 unspecified atom stereocenters. The number of pyridine rings is 1. The number of imide groups is 1. The second-order valence-electron chi connectivity index (χ2n) is 7.24. The van der Waals surface area contributed by atoms with E-state index < -0.39 is 17.7 Å². The average molecular weight is 414 g/mol. The maximum atomic E-state index is 12.9. The largest absolute Gasteiger partial charge is 0.497 e. The van der Waals surface area contributed by atoms with Crippen LogP contribution in [0.25, 0.3) is 33.1 Å². The lowest BCUT2D eigenvalue weighted by Crippen LogP contribution is -2.45. The minimum atomic E-state index is -0.620. The summed E-state index contributed by atoms with van der Waals surface area (Å²) in [5.41, 5.74) is 5.58. The molecule has 0 spiro atoms. The van der Waals surface area contributed by atoms with Gasteiger partial charge in [0.25, 0.3) is 5.91 Å². The Morgan fingerprint density at radius 1 is 1.03 bits per heavy atom. The van der Waals surface area contributed by atoms with Gasteiger partial charge in [-0.3, -0.25) is 19.8 Å². The summed E-state index contributed by atoms with van der Waals surface area (Å²) < 4.78 is 5.24. The molecule has 1 aliphatic heterocycles. The van der Waals surface area contributed by atoms with Crippen LogP contribution in [0.2, 0.25) is 0 Å². The molecular formula is C23H18N4O4. The van der Waals surface area contributed by atoms with Crippen LogP contribution in [0, 0.1) is 0 Å². The number of nitrogens with one attached hydrogen (secondary N) is 2. The number of ether oxygens (including phenoxy) is 1.